The molecule has 0 spiro atoms. The smallest absolute Gasteiger partial charge is 0.303 e. The number of anilines is 2. The van der Waals surface area contributed by atoms with E-state index in [0.29, 0.717) is 12.3 Å². The molecule has 1 N–H and O–H groups in total. The molecule has 2 aliphatic heterocycles. The number of carboxylic acids is 1. The van der Waals surface area contributed by atoms with Crippen LogP contribution in [-0.4, -0.2) is 42.2 Å². The van der Waals surface area contributed by atoms with Crippen molar-refractivity contribution >= 4 is 29.8 Å². The van der Waals surface area contributed by atoms with Crippen LogP contribution in [0.5, 0.6) is 0 Å². The maximum Gasteiger partial charge on any atom is 0.303 e. The number of piperidine rings is 1. The quantitative estimate of drug-likeness (QED) is 0.728. The van der Waals surface area contributed by atoms with Crippen LogP contribution in [0.4, 0.5) is 11.4 Å². The highest BCUT2D eigenvalue weighted by Gasteiger charge is 2.23. The van der Waals surface area contributed by atoms with Crippen LogP contribution in [0.1, 0.15) is 36.8 Å². The first-order valence-corrected chi connectivity index (χ1v) is 10.6. The number of hydrogen-bond donors (Lipinski definition) is 1. The normalized spacial score (nSPS) is 18.9. The molecular weight excluding hydrogens is 384 g/mol. The minimum Gasteiger partial charge on any atom is -0.481 e. The van der Waals surface area contributed by atoms with Crippen molar-refractivity contribution in [2.45, 2.75) is 38.5 Å². The van der Waals surface area contributed by atoms with E-state index < -0.39 is 5.97 Å². The minimum atomic E-state index is -0.662. The van der Waals surface area contributed by atoms with Gasteiger partial charge in [-0.1, -0.05) is 36.4 Å². The highest BCUT2D eigenvalue weighted by molar-refractivity contribution is 5.85. The summed E-state index contributed by atoms with van der Waals surface area (Å²) in [5.41, 5.74) is 5.54. The van der Waals surface area contributed by atoms with Crippen molar-refractivity contribution in [1.29, 1.82) is 0 Å². The van der Waals surface area contributed by atoms with E-state index in [-0.39, 0.29) is 12.4 Å². The number of carboxylic acid groups (broad SMARTS) is 1. The number of likely N-dealkylation sites (tertiary alicyclic amines) is 1. The molecule has 2 aliphatic rings. The van der Waals surface area contributed by atoms with Gasteiger partial charge in [0.15, 0.2) is 0 Å². The van der Waals surface area contributed by atoms with Gasteiger partial charge in [-0.2, -0.15) is 0 Å². The summed E-state index contributed by atoms with van der Waals surface area (Å²) >= 11 is 0. The first-order chi connectivity index (χ1) is 13.7. The molecule has 5 heteroatoms. The predicted octanol–water partition coefficient (Wildman–Crippen LogP) is 4.92. The number of aliphatic carboxylic acids is 1. The molecule has 0 aliphatic carbocycles. The van der Waals surface area contributed by atoms with Gasteiger partial charge >= 0.3 is 5.97 Å². The lowest BCUT2D eigenvalue weighted by Gasteiger charge is -2.33. The zero-order valence-corrected chi connectivity index (χ0v) is 17.7. The summed E-state index contributed by atoms with van der Waals surface area (Å²) in [5.74, 6) is -0.351. The summed E-state index contributed by atoms with van der Waals surface area (Å²) < 4.78 is 0. The summed E-state index contributed by atoms with van der Waals surface area (Å²) in [4.78, 5) is 16.0. The summed E-state index contributed by atoms with van der Waals surface area (Å²) in [6.07, 6.45) is 5.74. The van der Waals surface area contributed by atoms with Crippen molar-refractivity contribution < 1.29 is 9.90 Å². The topological polar surface area (TPSA) is 43.8 Å². The van der Waals surface area contributed by atoms with Gasteiger partial charge in [-0.3, -0.25) is 4.79 Å². The summed E-state index contributed by atoms with van der Waals surface area (Å²) in [7, 11) is 0. The molecule has 1 saturated heterocycles. The molecular formula is C24H31ClN2O2. The average molecular weight is 415 g/mol. The van der Waals surface area contributed by atoms with Crippen LogP contribution in [0.2, 0.25) is 0 Å². The molecule has 1 atom stereocenters. The molecule has 1 fully saturated rings. The maximum absolute atomic E-state index is 11.0. The fourth-order valence-corrected chi connectivity index (χ4v) is 4.83. The van der Waals surface area contributed by atoms with Crippen molar-refractivity contribution in [3.05, 3.63) is 59.7 Å². The number of hydrogen-bond acceptors (Lipinski definition) is 3. The molecule has 0 saturated carbocycles. The first kappa shape index (κ1) is 21.7. The van der Waals surface area contributed by atoms with E-state index in [0.717, 1.165) is 58.3 Å². The molecule has 1 unspecified atom stereocenters. The fraction of sp³-hybridized carbons (Fsp3) is 0.458. The number of carbonyl (C=O) groups is 1. The molecule has 0 radical (unpaired) electrons. The molecule has 4 nitrogen and oxygen atoms in total. The van der Waals surface area contributed by atoms with Gasteiger partial charge in [0.05, 0.1) is 0 Å². The lowest BCUT2D eigenvalue weighted by Crippen LogP contribution is -2.37. The number of rotatable bonds is 6. The Kier molecular flexibility index (Phi) is 7.57. The number of nitrogens with zero attached hydrogens (tertiary/aromatic N) is 2. The van der Waals surface area contributed by atoms with Crippen molar-refractivity contribution in [3.8, 4) is 0 Å². The van der Waals surface area contributed by atoms with Gasteiger partial charge in [0.2, 0.25) is 0 Å². The molecule has 0 aromatic heterocycles. The second-order valence-corrected chi connectivity index (χ2v) is 8.17. The second kappa shape index (κ2) is 10.1. The van der Waals surface area contributed by atoms with E-state index in [9.17, 15) is 4.79 Å². The van der Waals surface area contributed by atoms with Crippen LogP contribution < -0.4 is 4.90 Å². The minimum absolute atomic E-state index is 0. The Balaban J connectivity index is 0.00000240. The second-order valence-electron chi connectivity index (χ2n) is 8.17. The van der Waals surface area contributed by atoms with Crippen molar-refractivity contribution in [2.75, 3.05) is 31.1 Å². The molecule has 0 amide bonds. The molecule has 156 valence electrons. The third-order valence-electron chi connectivity index (χ3n) is 6.15. The van der Waals surface area contributed by atoms with Crippen molar-refractivity contribution in [2.24, 2.45) is 5.92 Å². The fourth-order valence-electron chi connectivity index (χ4n) is 4.83. The Morgan fingerprint density at radius 3 is 2.21 bits per heavy atom. The zero-order valence-electron chi connectivity index (χ0n) is 16.9. The van der Waals surface area contributed by atoms with Gasteiger partial charge in [-0.05, 0) is 74.4 Å². The summed E-state index contributed by atoms with van der Waals surface area (Å²) in [6, 6.07) is 17.6. The maximum atomic E-state index is 11.0. The van der Waals surface area contributed by atoms with Crippen LogP contribution in [0, 0.1) is 5.92 Å². The average Bonchev–Trinajstić information content (AvgIpc) is 2.85. The van der Waals surface area contributed by atoms with E-state index in [1.165, 1.54) is 22.5 Å². The van der Waals surface area contributed by atoms with Crippen LogP contribution in [0.3, 0.4) is 0 Å². The number of para-hydroxylation sites is 2. The van der Waals surface area contributed by atoms with Crippen molar-refractivity contribution in [3.63, 3.8) is 0 Å². The van der Waals surface area contributed by atoms with E-state index in [2.05, 4.69) is 58.3 Å². The number of aryl methyl sites for hydroxylation is 2. The number of halogens is 1. The first-order valence-electron chi connectivity index (χ1n) is 10.6. The largest absolute Gasteiger partial charge is 0.481 e. The van der Waals surface area contributed by atoms with Crippen molar-refractivity contribution in [1.82, 2.24) is 4.90 Å². The Labute approximate surface area is 179 Å². The highest BCUT2D eigenvalue weighted by atomic mass is 35.5. The molecule has 2 heterocycles. The van der Waals surface area contributed by atoms with Gasteiger partial charge in [0, 0.05) is 30.9 Å². The van der Waals surface area contributed by atoms with Crippen LogP contribution in [0.25, 0.3) is 0 Å². The Morgan fingerprint density at radius 2 is 1.59 bits per heavy atom. The van der Waals surface area contributed by atoms with E-state index >= 15 is 0 Å². The SMILES string of the molecule is Cl.O=C(O)CC1CCCN(CCCN2c3ccccc3CCc3ccccc32)C1. The van der Waals surface area contributed by atoms with Gasteiger partial charge in [0.1, 0.15) is 0 Å². The molecule has 0 bridgehead atoms. The van der Waals surface area contributed by atoms with E-state index in [1.54, 1.807) is 0 Å². The number of fused-ring (bicyclic) bond motifs is 2. The summed E-state index contributed by atoms with van der Waals surface area (Å²) in [5, 5.41) is 9.09. The van der Waals surface area contributed by atoms with E-state index in [4.69, 9.17) is 5.11 Å². The zero-order chi connectivity index (χ0) is 19.3. The van der Waals surface area contributed by atoms with Gasteiger partial charge in [0.25, 0.3) is 0 Å². The van der Waals surface area contributed by atoms with Gasteiger partial charge in [-0.25, -0.2) is 0 Å². The highest BCUT2D eigenvalue weighted by Crippen LogP contribution is 2.36. The van der Waals surface area contributed by atoms with Gasteiger partial charge < -0.3 is 14.9 Å². The number of benzene rings is 2. The monoisotopic (exact) mass is 414 g/mol. The standard InChI is InChI=1S/C24H30N2O2.ClH/c27-24(28)17-19-7-5-14-25(18-19)15-6-16-26-22-10-3-1-8-20(22)12-13-21-9-2-4-11-23(21)26;/h1-4,8-11,19H,5-7,12-18H2,(H,27,28);1H. The van der Waals surface area contributed by atoms with Gasteiger partial charge in [-0.15, -0.1) is 12.4 Å². The molecule has 29 heavy (non-hydrogen) atoms. The lowest BCUT2D eigenvalue weighted by atomic mass is 9.95. The molecule has 2 aromatic rings. The molecule has 4 rings (SSSR count). The van der Waals surface area contributed by atoms with E-state index in [1.807, 2.05) is 0 Å². The third kappa shape index (κ3) is 5.31. The van der Waals surface area contributed by atoms with Crippen LogP contribution in [0.15, 0.2) is 48.5 Å². The Bertz CT molecular complexity index is 779. The lowest BCUT2D eigenvalue weighted by molar-refractivity contribution is -0.138. The predicted molar refractivity (Wildman–Crippen MR) is 121 cm³/mol. The van der Waals surface area contributed by atoms with Crippen LogP contribution >= 0.6 is 12.4 Å². The Morgan fingerprint density at radius 1 is 0.966 bits per heavy atom. The third-order valence-corrected chi connectivity index (χ3v) is 6.15. The van der Waals surface area contributed by atoms with Crippen LogP contribution in [-0.2, 0) is 17.6 Å². The molecule has 2 aromatic carbocycles. The Hall–Kier alpha value is -2.04. The summed E-state index contributed by atoms with van der Waals surface area (Å²) in [6.45, 7) is 4.06.